The van der Waals surface area contributed by atoms with Crippen LogP contribution in [0.5, 0.6) is 0 Å². The first-order valence-corrected chi connectivity index (χ1v) is 8.62. The maximum Gasteiger partial charge on any atom is 0.0253 e. The van der Waals surface area contributed by atoms with Crippen LogP contribution in [0, 0.1) is 0 Å². The van der Waals surface area contributed by atoms with Crippen LogP contribution in [0.15, 0.2) is 48.5 Å². The summed E-state index contributed by atoms with van der Waals surface area (Å²) in [5.74, 6) is 1.08. The van der Waals surface area contributed by atoms with Gasteiger partial charge in [0.25, 0.3) is 0 Å². The summed E-state index contributed by atoms with van der Waals surface area (Å²) < 4.78 is 0. The van der Waals surface area contributed by atoms with Crippen LogP contribution in [0.1, 0.15) is 61.8 Å². The van der Waals surface area contributed by atoms with Gasteiger partial charge in [-0.05, 0) is 34.1 Å². The quantitative estimate of drug-likeness (QED) is 0.457. The van der Waals surface area contributed by atoms with Crippen molar-refractivity contribution in [1.82, 2.24) is 0 Å². The van der Waals surface area contributed by atoms with Gasteiger partial charge < -0.3 is 0 Å². The lowest BCUT2D eigenvalue weighted by atomic mass is 10.00. The lowest BCUT2D eigenvalue weighted by Gasteiger charge is -2.11. The second-order valence-corrected chi connectivity index (χ2v) is 7.15. The monoisotopic (exact) mass is 328 g/mol. The van der Waals surface area contributed by atoms with Crippen LogP contribution in [0.2, 0.25) is 0 Å². The van der Waals surface area contributed by atoms with Gasteiger partial charge in [-0.1, -0.05) is 76.2 Å². The molecule has 0 nitrogen and oxygen atoms in total. The normalized spacial score (nSPS) is 12.7. The number of thiol groups is 2. The third-order valence-electron chi connectivity index (χ3n) is 3.93. The third-order valence-corrected chi connectivity index (χ3v) is 5.07. The first-order valence-electron chi connectivity index (χ1n) is 7.73. The molecule has 2 aromatic rings. The summed E-state index contributed by atoms with van der Waals surface area (Å²) in [6.07, 6.45) is 0. The van der Waals surface area contributed by atoms with E-state index in [4.69, 9.17) is 0 Å². The predicted octanol–water partition coefficient (Wildman–Crippen LogP) is 6.62. The number of benzene rings is 2. The van der Waals surface area contributed by atoms with Gasteiger partial charge >= 0.3 is 0 Å². The molecule has 0 fully saturated rings. The zero-order valence-corrected chi connectivity index (χ0v) is 15.5. The second-order valence-electron chi connectivity index (χ2n) is 6.25. The van der Waals surface area contributed by atoms with Crippen LogP contribution >= 0.6 is 25.3 Å². The van der Waals surface area contributed by atoms with E-state index in [0.29, 0.717) is 11.8 Å². The molecule has 0 saturated carbocycles. The minimum absolute atomic E-state index is 0.542. The van der Waals surface area contributed by atoms with Crippen LogP contribution in [-0.4, -0.2) is 0 Å². The lowest BCUT2D eigenvalue weighted by molar-refractivity contribution is 0.866. The van der Waals surface area contributed by atoms with Gasteiger partial charge in [0.1, 0.15) is 0 Å². The van der Waals surface area contributed by atoms with Crippen molar-refractivity contribution < 1.29 is 0 Å². The minimum atomic E-state index is 0.542. The van der Waals surface area contributed by atoms with Crippen molar-refractivity contribution in [3.63, 3.8) is 0 Å². The second kappa shape index (κ2) is 7.43. The molecule has 0 N–H and O–H groups in total. The molecule has 2 rings (SSSR count). The Hall–Kier alpha value is -1.12. The topological polar surface area (TPSA) is 0 Å². The third kappa shape index (κ3) is 3.99. The highest BCUT2D eigenvalue weighted by molar-refractivity contribution is 7.96. The summed E-state index contributed by atoms with van der Waals surface area (Å²) in [6.45, 7) is 8.80. The summed E-state index contributed by atoms with van der Waals surface area (Å²) in [5, 5.41) is 0. The van der Waals surface area contributed by atoms with Gasteiger partial charge in [0.05, 0.1) is 0 Å². The summed E-state index contributed by atoms with van der Waals surface area (Å²) in [7, 11) is 0. The Morgan fingerprint density at radius 1 is 0.591 bits per heavy atom. The fraction of sp³-hybridized carbons (Fsp3) is 0.300. The lowest BCUT2D eigenvalue weighted by Crippen LogP contribution is -1.89. The molecule has 0 aromatic heterocycles. The maximum atomic E-state index is 4.68. The highest BCUT2D eigenvalue weighted by Gasteiger charge is 2.07. The molecule has 22 heavy (non-hydrogen) atoms. The summed E-state index contributed by atoms with van der Waals surface area (Å²) in [6, 6.07) is 17.1. The molecule has 116 valence electrons. The van der Waals surface area contributed by atoms with E-state index in [-0.39, 0.29) is 0 Å². The SMILES string of the molecule is CC(C)c1ccc(C(S)=C(S)c2ccc(C(C)C)cc2)cc1. The Morgan fingerprint density at radius 3 is 1.09 bits per heavy atom. The largest absolute Gasteiger partial charge is 0.142 e. The van der Waals surface area contributed by atoms with Crippen LogP contribution in [0.3, 0.4) is 0 Å². The smallest absolute Gasteiger partial charge is 0.0253 e. The van der Waals surface area contributed by atoms with Gasteiger partial charge in [-0.2, -0.15) is 0 Å². The molecule has 0 saturated heterocycles. The number of rotatable bonds is 4. The average molecular weight is 329 g/mol. The predicted molar refractivity (Wildman–Crippen MR) is 106 cm³/mol. The molecule has 0 spiro atoms. The van der Waals surface area contributed by atoms with E-state index in [0.717, 1.165) is 20.9 Å². The Balaban J connectivity index is 2.31. The Bertz CT molecular complexity index is 588. The first kappa shape index (κ1) is 17.2. The van der Waals surface area contributed by atoms with Crippen molar-refractivity contribution in [1.29, 1.82) is 0 Å². The molecule has 0 aliphatic carbocycles. The van der Waals surface area contributed by atoms with Gasteiger partial charge in [-0.25, -0.2) is 0 Å². The first-order chi connectivity index (χ1) is 10.4. The maximum absolute atomic E-state index is 4.68. The fourth-order valence-corrected chi connectivity index (χ4v) is 2.88. The van der Waals surface area contributed by atoms with Crippen LogP contribution < -0.4 is 0 Å². The summed E-state index contributed by atoms with van der Waals surface area (Å²) in [5.41, 5.74) is 4.88. The molecular formula is C20H24S2. The molecular weight excluding hydrogens is 304 g/mol. The van der Waals surface area contributed by atoms with E-state index < -0.39 is 0 Å². The van der Waals surface area contributed by atoms with Gasteiger partial charge in [0.15, 0.2) is 0 Å². The Kier molecular flexibility index (Phi) is 5.82. The minimum Gasteiger partial charge on any atom is -0.142 e. The van der Waals surface area contributed by atoms with Gasteiger partial charge in [-0.3, -0.25) is 0 Å². The highest BCUT2D eigenvalue weighted by Crippen LogP contribution is 2.33. The van der Waals surface area contributed by atoms with E-state index in [1.165, 1.54) is 11.1 Å². The van der Waals surface area contributed by atoms with E-state index in [2.05, 4.69) is 101 Å². The number of hydrogen-bond acceptors (Lipinski definition) is 2. The van der Waals surface area contributed by atoms with E-state index in [1.54, 1.807) is 0 Å². The molecule has 2 aromatic carbocycles. The van der Waals surface area contributed by atoms with E-state index >= 15 is 0 Å². The molecule has 2 heteroatoms. The molecule has 0 bridgehead atoms. The van der Waals surface area contributed by atoms with Crippen molar-refractivity contribution in [2.24, 2.45) is 0 Å². The standard InChI is InChI=1S/C20H24S2/c1-13(2)15-5-9-17(10-6-15)19(21)20(22)18-11-7-16(8-12-18)14(3)4/h5-14,21-22H,1-4H3. The van der Waals surface area contributed by atoms with Gasteiger partial charge in [0, 0.05) is 9.81 Å². The Labute approximate surface area is 145 Å². The summed E-state index contributed by atoms with van der Waals surface area (Å²) in [4.78, 5) is 1.83. The van der Waals surface area contributed by atoms with Crippen LogP contribution in [0.25, 0.3) is 9.81 Å². The molecule has 0 unspecified atom stereocenters. The van der Waals surface area contributed by atoms with Gasteiger partial charge in [-0.15, -0.1) is 25.3 Å². The summed E-state index contributed by atoms with van der Waals surface area (Å²) >= 11 is 9.36. The average Bonchev–Trinajstić information content (AvgIpc) is 2.53. The van der Waals surface area contributed by atoms with E-state index in [1.807, 2.05) is 0 Å². The van der Waals surface area contributed by atoms with Gasteiger partial charge in [0.2, 0.25) is 0 Å². The van der Waals surface area contributed by atoms with Crippen molar-refractivity contribution in [3.05, 3.63) is 70.8 Å². The highest BCUT2D eigenvalue weighted by atomic mass is 32.1. The molecule has 0 amide bonds. The van der Waals surface area contributed by atoms with Crippen molar-refractivity contribution in [2.75, 3.05) is 0 Å². The molecule has 0 radical (unpaired) electrons. The van der Waals surface area contributed by atoms with Crippen molar-refractivity contribution in [3.8, 4) is 0 Å². The molecule has 0 atom stereocenters. The molecule has 0 aliphatic heterocycles. The zero-order valence-electron chi connectivity index (χ0n) is 13.7. The van der Waals surface area contributed by atoms with Crippen LogP contribution in [0.4, 0.5) is 0 Å². The fourth-order valence-electron chi connectivity index (χ4n) is 2.33. The molecule has 0 heterocycles. The van der Waals surface area contributed by atoms with E-state index in [9.17, 15) is 0 Å². The molecule has 0 aliphatic rings. The number of hydrogen-bond donors (Lipinski definition) is 2. The Morgan fingerprint density at radius 2 is 0.864 bits per heavy atom. The zero-order chi connectivity index (χ0) is 16.3. The van der Waals surface area contributed by atoms with Crippen molar-refractivity contribution >= 4 is 35.1 Å². The van der Waals surface area contributed by atoms with Crippen molar-refractivity contribution in [2.45, 2.75) is 39.5 Å². The van der Waals surface area contributed by atoms with Crippen LogP contribution in [-0.2, 0) is 0 Å².